The number of hydrogen-bond donors (Lipinski definition) is 0. The fourth-order valence-corrected chi connectivity index (χ4v) is 0. The van der Waals surface area contributed by atoms with E-state index in [4.69, 9.17) is 3.32 Å². The van der Waals surface area contributed by atoms with Crippen LogP contribution in [0.5, 0.6) is 0 Å². The van der Waals surface area contributed by atoms with Gasteiger partial charge in [-0.15, -0.1) is 0 Å². The topological polar surface area (TPSA) is 17.1 Å². The van der Waals surface area contributed by atoms with E-state index in [-0.39, 0.29) is 18.9 Å². The predicted octanol–water partition coefficient (Wildman–Crippen LogP) is -0.444. The van der Waals surface area contributed by atoms with E-state index in [2.05, 4.69) is 7.23 Å². The van der Waals surface area contributed by atoms with Crippen molar-refractivity contribution in [1.82, 2.24) is 0 Å². The van der Waals surface area contributed by atoms with Crippen molar-refractivity contribution in [3.63, 3.8) is 0 Å². The van der Waals surface area contributed by atoms with E-state index in [0.29, 0.717) is 0 Å². The van der Waals surface area contributed by atoms with E-state index in [0.717, 1.165) is 0 Å². The maximum absolute atomic E-state index is 9.02. The molecule has 0 aromatic rings. The molecule has 0 aliphatic heterocycles. The Balaban J connectivity index is 0. The van der Waals surface area contributed by atoms with Crippen LogP contribution >= 0.6 is 7.23 Å². The van der Waals surface area contributed by atoms with Crippen molar-refractivity contribution >= 4 is 26.1 Å². The Morgan fingerprint density at radius 1 is 1.75 bits per heavy atom. The first-order valence-corrected chi connectivity index (χ1v) is 4.41. The predicted molar refractivity (Wildman–Crippen MR) is 17.5 cm³/mol. The second-order valence-corrected chi connectivity index (χ2v) is 1.46. The molecule has 1 unspecified atom stereocenters. The van der Waals surface area contributed by atoms with Crippen LogP contribution in [0, 0.1) is 0 Å². The van der Waals surface area contributed by atoms with E-state index in [1.807, 2.05) is 0 Å². The maximum atomic E-state index is 9.02. The summed E-state index contributed by atoms with van der Waals surface area (Å²) >= 11 is -0.833. The number of hydrogen-bond acceptors (Lipinski definition) is 1. The molecule has 0 aliphatic rings. The van der Waals surface area contributed by atoms with E-state index < -0.39 is 18.6 Å². The van der Waals surface area contributed by atoms with Crippen molar-refractivity contribution in [2.75, 3.05) is 0 Å². The summed E-state index contributed by atoms with van der Waals surface area (Å²) < 4.78 is 9.02. The summed E-state index contributed by atoms with van der Waals surface area (Å²) in [5.74, 6) is 0. The van der Waals surface area contributed by atoms with Crippen LogP contribution in [0.3, 0.4) is 0 Å². The quantitative estimate of drug-likeness (QED) is 0.301. The molecule has 0 radical (unpaired) electrons. The zero-order valence-corrected chi connectivity index (χ0v) is 4.20. The summed E-state index contributed by atoms with van der Waals surface area (Å²) in [7, 11) is 2.15. The standard InChI is InChI=1S/Li.O.H2P.Ti.H/h;;1H2;;/q;;-1;+1;. The first kappa shape index (κ1) is 9.11. The zero-order chi connectivity index (χ0) is 2.71. The minimum absolute atomic E-state index is 0. The molecule has 4 heavy (non-hydrogen) atoms. The van der Waals surface area contributed by atoms with Crippen molar-refractivity contribution < 1.29 is 21.9 Å². The summed E-state index contributed by atoms with van der Waals surface area (Å²) in [5.41, 5.74) is 0. The van der Waals surface area contributed by atoms with Crippen molar-refractivity contribution in [3.8, 4) is 0 Å². The Hall–Kier alpha value is 1.54. The molecule has 0 saturated carbocycles. The van der Waals surface area contributed by atoms with Gasteiger partial charge in [-0.1, -0.05) is 0 Å². The van der Waals surface area contributed by atoms with E-state index >= 15 is 0 Å². The van der Waals surface area contributed by atoms with E-state index in [1.54, 1.807) is 0 Å². The van der Waals surface area contributed by atoms with Gasteiger partial charge in [-0.3, -0.25) is 0 Å². The summed E-state index contributed by atoms with van der Waals surface area (Å²) in [6.45, 7) is 0. The van der Waals surface area contributed by atoms with Crippen LogP contribution in [0.2, 0.25) is 0 Å². The molecule has 4 heteroatoms. The second kappa shape index (κ2) is 8.82. The molecule has 1 atom stereocenters. The van der Waals surface area contributed by atoms with Gasteiger partial charge in [0.15, 0.2) is 0 Å². The van der Waals surface area contributed by atoms with Crippen LogP contribution < -0.4 is 0 Å². The molecule has 0 N–H and O–H groups in total. The van der Waals surface area contributed by atoms with E-state index in [1.165, 1.54) is 0 Å². The van der Waals surface area contributed by atoms with Gasteiger partial charge in [-0.2, -0.15) is 0 Å². The van der Waals surface area contributed by atoms with Crippen molar-refractivity contribution in [2.24, 2.45) is 0 Å². The summed E-state index contributed by atoms with van der Waals surface area (Å²) in [5, 5.41) is 0. The summed E-state index contributed by atoms with van der Waals surface area (Å²) in [6.07, 6.45) is 0. The third-order valence-electron chi connectivity index (χ3n) is 0. The molecule has 0 aliphatic carbocycles. The second-order valence-electron chi connectivity index (χ2n) is 0.118. The third kappa shape index (κ3) is 9.63. The van der Waals surface area contributed by atoms with Gasteiger partial charge in [0.2, 0.25) is 0 Å². The molecule has 0 amide bonds. The Labute approximate surface area is 48.0 Å². The average Bonchev–Trinajstić information content (AvgIpc) is 0.918. The normalized spacial score (nSPS) is 2.25. The summed E-state index contributed by atoms with van der Waals surface area (Å²) in [4.78, 5) is 0. The molecular weight excluding hydrogens is 102 g/mol. The Morgan fingerprint density at radius 2 is 1.75 bits per heavy atom. The van der Waals surface area contributed by atoms with Gasteiger partial charge in [-0.25, -0.2) is 0 Å². The molecule has 0 aromatic carbocycles. The number of rotatable bonds is 0. The molecule has 0 rings (SSSR count). The van der Waals surface area contributed by atoms with Crippen LogP contribution in [-0.4, -0.2) is 18.9 Å². The van der Waals surface area contributed by atoms with Gasteiger partial charge in [0, 0.05) is 0 Å². The monoisotopic (exact) mass is 105 g/mol. The molecule has 1 nitrogen and oxygen atoms in total. The Kier molecular flexibility index (Phi) is 20.1. The summed E-state index contributed by atoms with van der Waals surface area (Å²) in [6, 6.07) is 0. The van der Waals surface area contributed by atoms with Crippen LogP contribution in [0.1, 0.15) is 0 Å². The molecule has 0 saturated heterocycles. The van der Waals surface area contributed by atoms with Gasteiger partial charge in [0.05, 0.1) is 0 Å². The third-order valence-corrected chi connectivity index (χ3v) is 0. The first-order valence-electron chi connectivity index (χ1n) is 0.493. The molecule has 0 fully saturated rings. The van der Waals surface area contributed by atoms with Gasteiger partial charge >= 0.3 is 48.0 Å². The van der Waals surface area contributed by atoms with Gasteiger partial charge < -0.3 is 0 Å². The zero-order valence-electron chi connectivity index (χ0n) is 1.49. The van der Waals surface area contributed by atoms with Crippen molar-refractivity contribution in [1.29, 1.82) is 0 Å². The molecule has 19 valence electrons. The Morgan fingerprint density at radius 3 is 1.75 bits per heavy atom. The van der Waals surface area contributed by atoms with Crippen LogP contribution in [0.25, 0.3) is 0 Å². The Bertz CT molecular complexity index is 15.5. The molecule has 0 aromatic heterocycles. The van der Waals surface area contributed by atoms with Crippen LogP contribution in [0.15, 0.2) is 0 Å². The first-order chi connectivity index (χ1) is 1.41. The molecule has 0 spiro atoms. The van der Waals surface area contributed by atoms with Gasteiger partial charge in [0.25, 0.3) is 0 Å². The molecule has 0 bridgehead atoms. The fourth-order valence-electron chi connectivity index (χ4n) is 0. The molecular formula is H3LiOPTi. The van der Waals surface area contributed by atoms with Crippen LogP contribution in [0.4, 0.5) is 0 Å². The van der Waals surface area contributed by atoms with Crippen molar-refractivity contribution in [3.05, 3.63) is 0 Å². The van der Waals surface area contributed by atoms with Crippen molar-refractivity contribution in [2.45, 2.75) is 0 Å². The average molecular weight is 105 g/mol. The fraction of sp³-hybridized carbons (Fsp3) is 0. The van der Waals surface area contributed by atoms with Gasteiger partial charge in [0.1, 0.15) is 0 Å². The minimum atomic E-state index is -0.833. The molecule has 0 heterocycles. The van der Waals surface area contributed by atoms with Gasteiger partial charge in [-0.05, 0) is 0 Å². The van der Waals surface area contributed by atoms with Crippen LogP contribution in [-0.2, 0) is 21.9 Å². The SMILES string of the molecule is [LiH].[O]=[Ti][PH2]. The van der Waals surface area contributed by atoms with E-state index in [9.17, 15) is 0 Å².